The number of amides is 2. The van der Waals surface area contributed by atoms with Crippen molar-refractivity contribution in [2.45, 2.75) is 0 Å². The topological polar surface area (TPSA) is 124 Å². The van der Waals surface area contributed by atoms with Crippen molar-refractivity contribution in [3.8, 4) is 23.6 Å². The summed E-state index contributed by atoms with van der Waals surface area (Å²) in [6.07, 6.45) is 0. The fraction of sp³-hybridized carbons (Fsp3) is 0.200. The van der Waals surface area contributed by atoms with Gasteiger partial charge in [-0.25, -0.2) is 0 Å². The highest BCUT2D eigenvalue weighted by Gasteiger charge is 2.05. The molecule has 8 heteroatoms. The minimum atomic E-state index is -0.326. The normalized spacial score (nSPS) is 9.50. The van der Waals surface area contributed by atoms with Gasteiger partial charge in [0.25, 0.3) is 11.8 Å². The van der Waals surface area contributed by atoms with Crippen molar-refractivity contribution in [1.82, 2.24) is 10.6 Å². The molecular formula is C20H18N4O4. The van der Waals surface area contributed by atoms with Crippen LogP contribution in [0.1, 0.15) is 11.1 Å². The molecule has 0 aromatic heterocycles. The van der Waals surface area contributed by atoms with Gasteiger partial charge in [-0.3, -0.25) is 9.59 Å². The number of nitriles is 2. The Morgan fingerprint density at radius 3 is 1.39 bits per heavy atom. The van der Waals surface area contributed by atoms with Crippen molar-refractivity contribution >= 4 is 11.8 Å². The molecule has 0 saturated heterocycles. The number of nitrogens with one attached hydrogen (secondary N) is 2. The van der Waals surface area contributed by atoms with Crippen molar-refractivity contribution in [2.24, 2.45) is 0 Å². The van der Waals surface area contributed by atoms with Crippen molar-refractivity contribution in [3.63, 3.8) is 0 Å². The van der Waals surface area contributed by atoms with Crippen LogP contribution < -0.4 is 20.1 Å². The summed E-state index contributed by atoms with van der Waals surface area (Å²) in [5.41, 5.74) is 1.02. The lowest BCUT2D eigenvalue weighted by atomic mass is 10.2. The van der Waals surface area contributed by atoms with Crippen LogP contribution >= 0.6 is 0 Å². The number of rotatable bonds is 9. The molecule has 2 aromatic rings. The second kappa shape index (κ2) is 10.8. The third-order valence-corrected chi connectivity index (χ3v) is 3.48. The predicted octanol–water partition coefficient (Wildman–Crippen LogP) is 1.12. The first kappa shape index (κ1) is 20.3. The van der Waals surface area contributed by atoms with Crippen LogP contribution in [0.2, 0.25) is 0 Å². The number of hydrogen-bond donors (Lipinski definition) is 2. The van der Waals surface area contributed by atoms with Gasteiger partial charge in [-0.2, -0.15) is 10.5 Å². The first-order valence-electron chi connectivity index (χ1n) is 8.40. The lowest BCUT2D eigenvalue weighted by Crippen LogP contribution is -2.38. The summed E-state index contributed by atoms with van der Waals surface area (Å²) in [4.78, 5) is 23.4. The van der Waals surface area contributed by atoms with E-state index < -0.39 is 0 Å². The summed E-state index contributed by atoms with van der Waals surface area (Å²) in [5.74, 6) is 0.324. The van der Waals surface area contributed by atoms with Crippen LogP contribution in [0, 0.1) is 22.7 Å². The molecule has 0 spiro atoms. The van der Waals surface area contributed by atoms with Crippen LogP contribution in [-0.4, -0.2) is 38.1 Å². The van der Waals surface area contributed by atoms with Crippen LogP contribution in [0.5, 0.6) is 11.5 Å². The molecule has 0 aliphatic heterocycles. The average Bonchev–Trinajstić information content (AvgIpc) is 2.74. The van der Waals surface area contributed by atoms with Gasteiger partial charge in [0.15, 0.2) is 13.2 Å². The highest BCUT2D eigenvalue weighted by atomic mass is 16.5. The van der Waals surface area contributed by atoms with Crippen LogP contribution in [0.25, 0.3) is 0 Å². The zero-order chi connectivity index (χ0) is 20.2. The van der Waals surface area contributed by atoms with Crippen molar-refractivity contribution < 1.29 is 19.1 Å². The molecule has 2 amide bonds. The lowest BCUT2D eigenvalue weighted by molar-refractivity contribution is -0.124. The van der Waals surface area contributed by atoms with Crippen LogP contribution in [-0.2, 0) is 9.59 Å². The summed E-state index contributed by atoms with van der Waals surface area (Å²) in [7, 11) is 0. The molecule has 0 aliphatic rings. The van der Waals surface area contributed by atoms with E-state index >= 15 is 0 Å². The average molecular weight is 378 g/mol. The van der Waals surface area contributed by atoms with Gasteiger partial charge in [-0.05, 0) is 48.5 Å². The zero-order valence-corrected chi connectivity index (χ0v) is 15.0. The van der Waals surface area contributed by atoms with E-state index in [1.54, 1.807) is 48.5 Å². The summed E-state index contributed by atoms with van der Waals surface area (Å²) < 4.78 is 10.6. The van der Waals surface area contributed by atoms with E-state index in [0.29, 0.717) is 22.6 Å². The van der Waals surface area contributed by atoms with Gasteiger partial charge in [0.1, 0.15) is 11.5 Å². The number of nitrogens with zero attached hydrogens (tertiary/aromatic N) is 2. The second-order valence-electron chi connectivity index (χ2n) is 5.55. The van der Waals surface area contributed by atoms with Gasteiger partial charge in [-0.1, -0.05) is 0 Å². The van der Waals surface area contributed by atoms with Crippen LogP contribution in [0.4, 0.5) is 0 Å². The molecule has 0 fully saturated rings. The van der Waals surface area contributed by atoms with Crippen LogP contribution in [0.3, 0.4) is 0 Å². The highest BCUT2D eigenvalue weighted by Crippen LogP contribution is 2.11. The minimum absolute atomic E-state index is 0.165. The number of carbonyl (C=O) groups is 2. The molecule has 0 atom stereocenters. The van der Waals surface area contributed by atoms with Gasteiger partial charge >= 0.3 is 0 Å². The Bertz CT molecular complexity index is 805. The van der Waals surface area contributed by atoms with E-state index in [-0.39, 0.29) is 38.1 Å². The molecule has 0 unspecified atom stereocenters. The van der Waals surface area contributed by atoms with Gasteiger partial charge in [0.05, 0.1) is 23.3 Å². The van der Waals surface area contributed by atoms with Crippen molar-refractivity contribution in [3.05, 3.63) is 59.7 Å². The predicted molar refractivity (Wildman–Crippen MR) is 99.3 cm³/mol. The van der Waals surface area contributed by atoms with E-state index in [0.717, 1.165) is 0 Å². The largest absolute Gasteiger partial charge is 0.484 e. The molecule has 0 aliphatic carbocycles. The van der Waals surface area contributed by atoms with E-state index in [1.165, 1.54) is 0 Å². The summed E-state index contributed by atoms with van der Waals surface area (Å²) in [6, 6.07) is 16.8. The first-order valence-corrected chi connectivity index (χ1v) is 8.40. The fourth-order valence-electron chi connectivity index (χ4n) is 2.06. The Kier molecular flexibility index (Phi) is 7.85. The monoisotopic (exact) mass is 378 g/mol. The van der Waals surface area contributed by atoms with Crippen molar-refractivity contribution in [2.75, 3.05) is 26.3 Å². The Balaban J connectivity index is 1.56. The van der Waals surface area contributed by atoms with Gasteiger partial charge < -0.3 is 20.1 Å². The van der Waals surface area contributed by atoms with Crippen LogP contribution in [0.15, 0.2) is 48.5 Å². The van der Waals surface area contributed by atoms with Gasteiger partial charge in [-0.15, -0.1) is 0 Å². The smallest absolute Gasteiger partial charge is 0.258 e. The molecule has 0 bridgehead atoms. The highest BCUT2D eigenvalue weighted by molar-refractivity contribution is 5.78. The Hall–Kier alpha value is -4.04. The number of carbonyl (C=O) groups excluding carboxylic acids is 2. The van der Waals surface area contributed by atoms with E-state index in [2.05, 4.69) is 10.6 Å². The maximum atomic E-state index is 11.7. The SMILES string of the molecule is N#Cc1ccc(OCC(=O)NCCNC(=O)COc2ccc(C#N)cc2)cc1. The summed E-state index contributed by atoms with van der Waals surface area (Å²) >= 11 is 0. The lowest BCUT2D eigenvalue weighted by Gasteiger charge is -2.09. The molecule has 2 N–H and O–H groups in total. The third kappa shape index (κ3) is 7.06. The number of ether oxygens (including phenoxy) is 2. The molecule has 2 aromatic carbocycles. The zero-order valence-electron chi connectivity index (χ0n) is 15.0. The molecule has 2 rings (SSSR count). The standard InChI is InChI=1S/C20H18N4O4/c21-11-15-1-5-17(6-2-15)27-13-19(25)23-9-10-24-20(26)14-28-18-7-3-16(12-22)4-8-18/h1-8H,9-10,13-14H2,(H,23,25)(H,24,26). The second-order valence-corrected chi connectivity index (χ2v) is 5.55. The molecule has 28 heavy (non-hydrogen) atoms. The van der Waals surface area contributed by atoms with Gasteiger partial charge in [0.2, 0.25) is 0 Å². The molecule has 142 valence electrons. The molecule has 8 nitrogen and oxygen atoms in total. The fourth-order valence-corrected chi connectivity index (χ4v) is 2.06. The Morgan fingerprint density at radius 2 is 1.07 bits per heavy atom. The Morgan fingerprint density at radius 1 is 0.714 bits per heavy atom. The number of hydrogen-bond acceptors (Lipinski definition) is 6. The van der Waals surface area contributed by atoms with E-state index in [9.17, 15) is 9.59 Å². The maximum absolute atomic E-state index is 11.7. The first-order chi connectivity index (χ1) is 13.6. The molecule has 0 heterocycles. The Labute approximate surface area is 162 Å². The summed E-state index contributed by atoms with van der Waals surface area (Å²) in [6.45, 7) is 0.166. The quantitative estimate of drug-likeness (QED) is 0.630. The maximum Gasteiger partial charge on any atom is 0.258 e. The minimum Gasteiger partial charge on any atom is -0.484 e. The third-order valence-electron chi connectivity index (χ3n) is 3.48. The van der Waals surface area contributed by atoms with E-state index in [1.807, 2.05) is 12.1 Å². The van der Waals surface area contributed by atoms with E-state index in [4.69, 9.17) is 20.0 Å². The summed E-state index contributed by atoms with van der Waals surface area (Å²) in [5, 5.41) is 22.7. The number of benzene rings is 2. The molecular weight excluding hydrogens is 360 g/mol. The molecule has 0 saturated carbocycles. The van der Waals surface area contributed by atoms with Crippen molar-refractivity contribution in [1.29, 1.82) is 10.5 Å². The van der Waals surface area contributed by atoms with Gasteiger partial charge in [0, 0.05) is 13.1 Å². The molecule has 0 radical (unpaired) electrons.